The van der Waals surface area contributed by atoms with Gasteiger partial charge in [-0.05, 0) is 56.6 Å². The van der Waals surface area contributed by atoms with Gasteiger partial charge in [0.2, 0.25) is 0 Å². The highest BCUT2D eigenvalue weighted by molar-refractivity contribution is 14.1. The minimum absolute atomic E-state index is 0.610. The van der Waals surface area contributed by atoms with E-state index in [2.05, 4.69) is 50.7 Å². The van der Waals surface area contributed by atoms with Crippen LogP contribution in [0.5, 0.6) is 0 Å². The molecule has 0 spiro atoms. The highest BCUT2D eigenvalue weighted by atomic mass is 127. The van der Waals surface area contributed by atoms with Crippen molar-refractivity contribution in [2.45, 2.75) is 6.10 Å². The van der Waals surface area contributed by atoms with E-state index in [0.29, 0.717) is 0 Å². The summed E-state index contributed by atoms with van der Waals surface area (Å²) in [6.07, 6.45) is -0.610. The fraction of sp³-hybridized carbons (Fsp3) is 0.0588. The summed E-state index contributed by atoms with van der Waals surface area (Å²) in [5.74, 6) is 0. The average molecular weight is 439 g/mol. The topological polar surface area (TPSA) is 20.2 Å². The van der Waals surface area contributed by atoms with E-state index in [1.165, 1.54) is 0 Å². The van der Waals surface area contributed by atoms with E-state index in [1.54, 1.807) is 0 Å². The minimum Gasteiger partial charge on any atom is -0.384 e. The van der Waals surface area contributed by atoms with E-state index >= 15 is 0 Å². The van der Waals surface area contributed by atoms with E-state index < -0.39 is 6.10 Å². The number of hydrogen-bond acceptors (Lipinski definition) is 1. The zero-order valence-corrected chi connectivity index (χ0v) is 14.3. The summed E-state index contributed by atoms with van der Waals surface area (Å²) in [5.41, 5.74) is 1.88. The molecule has 1 atom stereocenters. The standard InChI is InChI=1S/C17H12BrIO/c18-15-10-9-13(11-5-1-2-6-12(11)15)17(20)14-7-3-4-8-16(14)19/h1-10,17,20H. The Hall–Kier alpha value is -0.910. The molecule has 1 N–H and O–H groups in total. The molecule has 0 radical (unpaired) electrons. The van der Waals surface area contributed by atoms with Gasteiger partial charge in [0.1, 0.15) is 6.10 Å². The first-order chi connectivity index (χ1) is 9.68. The lowest BCUT2D eigenvalue weighted by Crippen LogP contribution is -2.02. The van der Waals surface area contributed by atoms with Crippen molar-refractivity contribution in [3.05, 3.63) is 79.8 Å². The molecule has 0 aromatic heterocycles. The fourth-order valence-corrected chi connectivity index (χ4v) is 3.55. The monoisotopic (exact) mass is 438 g/mol. The van der Waals surface area contributed by atoms with Crippen LogP contribution in [-0.4, -0.2) is 5.11 Å². The molecular weight excluding hydrogens is 427 g/mol. The first kappa shape index (κ1) is 14.0. The number of fused-ring (bicyclic) bond motifs is 1. The molecule has 0 aliphatic heterocycles. The van der Waals surface area contributed by atoms with E-state index in [-0.39, 0.29) is 0 Å². The SMILES string of the molecule is OC(c1ccccc1I)c1ccc(Br)c2ccccc12. The van der Waals surface area contributed by atoms with Crippen LogP contribution in [-0.2, 0) is 0 Å². The molecule has 100 valence electrons. The van der Waals surface area contributed by atoms with Gasteiger partial charge in [0.05, 0.1) is 0 Å². The predicted octanol–water partition coefficient (Wildman–Crippen LogP) is 5.29. The number of benzene rings is 3. The molecule has 20 heavy (non-hydrogen) atoms. The highest BCUT2D eigenvalue weighted by Crippen LogP contribution is 2.34. The molecule has 0 heterocycles. The van der Waals surface area contributed by atoms with Crippen LogP contribution in [0.25, 0.3) is 10.8 Å². The highest BCUT2D eigenvalue weighted by Gasteiger charge is 2.16. The molecule has 3 aromatic carbocycles. The van der Waals surface area contributed by atoms with Crippen LogP contribution in [0.3, 0.4) is 0 Å². The van der Waals surface area contributed by atoms with Crippen LogP contribution in [0.2, 0.25) is 0 Å². The quantitative estimate of drug-likeness (QED) is 0.539. The lowest BCUT2D eigenvalue weighted by molar-refractivity contribution is 0.221. The first-order valence-corrected chi connectivity index (χ1v) is 8.15. The summed E-state index contributed by atoms with van der Waals surface area (Å²) in [7, 11) is 0. The molecule has 0 fully saturated rings. The van der Waals surface area contributed by atoms with Crippen LogP contribution >= 0.6 is 38.5 Å². The summed E-state index contributed by atoms with van der Waals surface area (Å²) in [6, 6.07) is 20.0. The molecule has 3 heteroatoms. The van der Waals surface area contributed by atoms with Crippen molar-refractivity contribution in [3.8, 4) is 0 Å². The largest absolute Gasteiger partial charge is 0.384 e. The molecule has 1 nitrogen and oxygen atoms in total. The van der Waals surface area contributed by atoms with Crippen LogP contribution in [0.1, 0.15) is 17.2 Å². The minimum atomic E-state index is -0.610. The lowest BCUT2D eigenvalue weighted by atomic mass is 9.96. The third kappa shape index (κ3) is 2.50. The van der Waals surface area contributed by atoms with Crippen molar-refractivity contribution in [1.82, 2.24) is 0 Å². The Labute approximate surface area is 139 Å². The average Bonchev–Trinajstić information content (AvgIpc) is 2.48. The Morgan fingerprint density at radius 2 is 1.45 bits per heavy atom. The molecular formula is C17H12BrIO. The maximum atomic E-state index is 10.7. The van der Waals surface area contributed by atoms with Crippen molar-refractivity contribution in [2.24, 2.45) is 0 Å². The second-order valence-electron chi connectivity index (χ2n) is 4.61. The van der Waals surface area contributed by atoms with E-state index in [1.807, 2.05) is 48.5 Å². The van der Waals surface area contributed by atoms with Gasteiger partial charge in [-0.2, -0.15) is 0 Å². The molecule has 3 rings (SSSR count). The van der Waals surface area contributed by atoms with Crippen LogP contribution in [0.15, 0.2) is 65.1 Å². The fourth-order valence-electron chi connectivity index (χ4n) is 2.39. The number of rotatable bonds is 2. The molecule has 0 bridgehead atoms. The van der Waals surface area contributed by atoms with Crippen LogP contribution < -0.4 is 0 Å². The summed E-state index contributed by atoms with van der Waals surface area (Å²) >= 11 is 5.83. The molecule has 0 aliphatic carbocycles. The van der Waals surface area contributed by atoms with Gasteiger partial charge in [-0.25, -0.2) is 0 Å². The Morgan fingerprint density at radius 1 is 0.800 bits per heavy atom. The summed E-state index contributed by atoms with van der Waals surface area (Å²) in [4.78, 5) is 0. The zero-order chi connectivity index (χ0) is 14.1. The van der Waals surface area contributed by atoms with Crippen LogP contribution in [0, 0.1) is 3.57 Å². The number of halogens is 2. The van der Waals surface area contributed by atoms with E-state index in [9.17, 15) is 5.11 Å². The van der Waals surface area contributed by atoms with Crippen molar-refractivity contribution < 1.29 is 5.11 Å². The Morgan fingerprint density at radius 3 is 2.20 bits per heavy atom. The number of hydrogen-bond donors (Lipinski definition) is 1. The molecule has 0 saturated heterocycles. The van der Waals surface area contributed by atoms with Crippen molar-refractivity contribution in [3.63, 3.8) is 0 Å². The summed E-state index contributed by atoms with van der Waals surface area (Å²) in [6.45, 7) is 0. The Kier molecular flexibility index (Phi) is 4.10. The normalized spacial score (nSPS) is 12.6. The van der Waals surface area contributed by atoms with Crippen molar-refractivity contribution in [2.75, 3.05) is 0 Å². The van der Waals surface area contributed by atoms with Gasteiger partial charge >= 0.3 is 0 Å². The Bertz CT molecular complexity index is 770. The third-order valence-corrected chi connectivity index (χ3v) is 5.07. The Balaban J connectivity index is 2.20. The second kappa shape index (κ2) is 5.84. The second-order valence-corrected chi connectivity index (χ2v) is 6.62. The van der Waals surface area contributed by atoms with Crippen molar-refractivity contribution in [1.29, 1.82) is 0 Å². The van der Waals surface area contributed by atoms with E-state index in [0.717, 1.165) is 29.9 Å². The van der Waals surface area contributed by atoms with Gasteiger partial charge < -0.3 is 5.11 Å². The maximum absolute atomic E-state index is 10.7. The summed E-state index contributed by atoms with van der Waals surface area (Å²) in [5, 5.41) is 12.9. The maximum Gasteiger partial charge on any atom is 0.106 e. The predicted molar refractivity (Wildman–Crippen MR) is 94.9 cm³/mol. The van der Waals surface area contributed by atoms with Gasteiger partial charge in [0, 0.05) is 8.04 Å². The van der Waals surface area contributed by atoms with E-state index in [4.69, 9.17) is 0 Å². The van der Waals surface area contributed by atoms with Gasteiger partial charge in [0.25, 0.3) is 0 Å². The van der Waals surface area contributed by atoms with Gasteiger partial charge in [0.15, 0.2) is 0 Å². The van der Waals surface area contributed by atoms with Gasteiger partial charge in [-0.15, -0.1) is 0 Å². The lowest BCUT2D eigenvalue weighted by Gasteiger charge is -2.16. The number of aliphatic hydroxyl groups excluding tert-OH is 1. The van der Waals surface area contributed by atoms with Crippen molar-refractivity contribution >= 4 is 49.3 Å². The van der Waals surface area contributed by atoms with Gasteiger partial charge in [-0.1, -0.05) is 64.5 Å². The summed E-state index contributed by atoms with van der Waals surface area (Å²) < 4.78 is 2.12. The van der Waals surface area contributed by atoms with Crippen LogP contribution in [0.4, 0.5) is 0 Å². The molecule has 1 unspecified atom stereocenters. The molecule has 0 saturated carbocycles. The third-order valence-electron chi connectivity index (χ3n) is 3.40. The zero-order valence-electron chi connectivity index (χ0n) is 10.6. The smallest absolute Gasteiger partial charge is 0.106 e. The first-order valence-electron chi connectivity index (χ1n) is 6.28. The molecule has 3 aromatic rings. The van der Waals surface area contributed by atoms with Gasteiger partial charge in [-0.3, -0.25) is 0 Å². The number of aliphatic hydroxyl groups is 1. The molecule has 0 amide bonds. The molecule has 0 aliphatic rings.